The van der Waals surface area contributed by atoms with Gasteiger partial charge in [0, 0.05) is 12.6 Å². The number of carbonyl (C=O) groups excluding carboxylic acids is 2. The molecule has 21 heavy (non-hydrogen) atoms. The second-order valence-corrected chi connectivity index (χ2v) is 4.87. The fourth-order valence-electron chi connectivity index (χ4n) is 2.03. The van der Waals surface area contributed by atoms with Crippen molar-refractivity contribution in [1.82, 2.24) is 10.2 Å². The summed E-state index contributed by atoms with van der Waals surface area (Å²) in [7, 11) is 0. The molecule has 1 atom stereocenters. The highest BCUT2D eigenvalue weighted by Gasteiger charge is 2.34. The Morgan fingerprint density at radius 1 is 1.33 bits per heavy atom. The molecule has 1 aliphatic heterocycles. The molecule has 0 saturated carbocycles. The highest BCUT2D eigenvalue weighted by Crippen LogP contribution is 2.09. The maximum Gasteiger partial charge on any atom is 0.328 e. The highest BCUT2D eigenvalue weighted by atomic mass is 16.4. The third-order valence-corrected chi connectivity index (χ3v) is 3.25. The van der Waals surface area contributed by atoms with Crippen LogP contribution in [0.1, 0.15) is 11.1 Å². The van der Waals surface area contributed by atoms with Crippen molar-refractivity contribution in [2.24, 2.45) is 0 Å². The van der Waals surface area contributed by atoms with Gasteiger partial charge in [-0.3, -0.25) is 9.59 Å². The van der Waals surface area contributed by atoms with Gasteiger partial charge in [-0.1, -0.05) is 29.8 Å². The van der Waals surface area contributed by atoms with Crippen LogP contribution >= 0.6 is 0 Å². The first-order valence-electron chi connectivity index (χ1n) is 6.52. The number of hydrogen-bond acceptors (Lipinski definition) is 3. The summed E-state index contributed by atoms with van der Waals surface area (Å²) in [5.41, 5.74) is 1.94. The first kappa shape index (κ1) is 14.8. The molecule has 0 aromatic heterocycles. The van der Waals surface area contributed by atoms with Crippen molar-refractivity contribution in [2.75, 3.05) is 13.1 Å². The Bertz CT molecular complexity index is 592. The molecule has 1 heterocycles. The first-order valence-corrected chi connectivity index (χ1v) is 6.52. The lowest BCUT2D eigenvalue weighted by molar-refractivity contribution is -0.152. The van der Waals surface area contributed by atoms with Gasteiger partial charge in [0.1, 0.15) is 12.6 Å². The standard InChI is InChI=1S/C15H16N2O4/c1-10-2-4-11(5-3-10)6-7-14(19)17-9-13(18)16-8-12(17)15(20)21/h2-7,12H,8-9H2,1H3,(H,16,18)(H,20,21)/b7-6+. The highest BCUT2D eigenvalue weighted by molar-refractivity contribution is 5.98. The lowest BCUT2D eigenvalue weighted by atomic mass is 10.1. The molecule has 1 aliphatic rings. The average Bonchev–Trinajstić information content (AvgIpc) is 2.46. The minimum atomic E-state index is -1.13. The SMILES string of the molecule is Cc1ccc(/C=C/C(=O)N2CC(=O)NCC2C(=O)O)cc1. The Kier molecular flexibility index (Phi) is 4.37. The molecule has 1 aromatic rings. The topological polar surface area (TPSA) is 86.7 Å². The quantitative estimate of drug-likeness (QED) is 0.789. The van der Waals surface area contributed by atoms with Crippen molar-refractivity contribution in [3.63, 3.8) is 0 Å². The minimum Gasteiger partial charge on any atom is -0.480 e. The Morgan fingerprint density at radius 3 is 2.62 bits per heavy atom. The molecule has 1 fully saturated rings. The number of carboxylic acids is 1. The molecule has 1 unspecified atom stereocenters. The summed E-state index contributed by atoms with van der Waals surface area (Å²) in [6.07, 6.45) is 2.90. The van der Waals surface area contributed by atoms with Crippen LogP contribution in [0.3, 0.4) is 0 Å². The molecule has 1 aromatic carbocycles. The molecular weight excluding hydrogens is 272 g/mol. The van der Waals surface area contributed by atoms with Crippen molar-refractivity contribution < 1.29 is 19.5 Å². The average molecular weight is 288 g/mol. The molecule has 1 saturated heterocycles. The van der Waals surface area contributed by atoms with E-state index in [1.807, 2.05) is 31.2 Å². The number of aryl methyl sites for hydroxylation is 1. The number of aliphatic carboxylic acids is 1. The number of piperazine rings is 1. The summed E-state index contributed by atoms with van der Waals surface area (Å²) in [5.74, 6) is -1.98. The van der Waals surface area contributed by atoms with Gasteiger partial charge in [0.2, 0.25) is 11.8 Å². The number of carboxylic acid groups (broad SMARTS) is 1. The minimum absolute atomic E-state index is 0.0712. The van der Waals surface area contributed by atoms with Gasteiger partial charge in [0.25, 0.3) is 0 Å². The predicted molar refractivity (Wildman–Crippen MR) is 76.4 cm³/mol. The van der Waals surface area contributed by atoms with Gasteiger partial charge in [0.05, 0.1) is 0 Å². The molecule has 2 amide bonds. The van der Waals surface area contributed by atoms with Gasteiger partial charge in [0.15, 0.2) is 0 Å². The van der Waals surface area contributed by atoms with E-state index < -0.39 is 17.9 Å². The second kappa shape index (κ2) is 6.21. The Hall–Kier alpha value is -2.63. The maximum absolute atomic E-state index is 12.1. The maximum atomic E-state index is 12.1. The number of hydrogen-bond donors (Lipinski definition) is 2. The van der Waals surface area contributed by atoms with Crippen molar-refractivity contribution in [2.45, 2.75) is 13.0 Å². The molecule has 110 valence electrons. The monoisotopic (exact) mass is 288 g/mol. The van der Waals surface area contributed by atoms with Gasteiger partial charge in [-0.05, 0) is 18.6 Å². The molecule has 2 rings (SSSR count). The van der Waals surface area contributed by atoms with Crippen LogP contribution in [0.5, 0.6) is 0 Å². The molecular formula is C15H16N2O4. The molecule has 2 N–H and O–H groups in total. The first-order chi connectivity index (χ1) is 9.97. The Morgan fingerprint density at radius 2 is 2.00 bits per heavy atom. The summed E-state index contributed by atoms with van der Waals surface area (Å²) in [5, 5.41) is 11.5. The van der Waals surface area contributed by atoms with E-state index in [1.54, 1.807) is 6.08 Å². The number of nitrogens with zero attached hydrogens (tertiary/aromatic N) is 1. The lowest BCUT2D eigenvalue weighted by Crippen LogP contribution is -2.59. The zero-order valence-corrected chi connectivity index (χ0v) is 11.6. The van der Waals surface area contributed by atoms with Crippen molar-refractivity contribution in [3.05, 3.63) is 41.5 Å². The summed E-state index contributed by atoms with van der Waals surface area (Å²) in [4.78, 5) is 35.6. The summed E-state index contributed by atoms with van der Waals surface area (Å²) >= 11 is 0. The van der Waals surface area contributed by atoms with E-state index in [0.717, 1.165) is 16.0 Å². The smallest absolute Gasteiger partial charge is 0.328 e. The van der Waals surface area contributed by atoms with Gasteiger partial charge >= 0.3 is 5.97 Å². The van der Waals surface area contributed by atoms with Crippen LogP contribution in [0.4, 0.5) is 0 Å². The third kappa shape index (κ3) is 3.68. The predicted octanol–water partition coefficient (Wildman–Crippen LogP) is 0.420. The summed E-state index contributed by atoms with van der Waals surface area (Å²) < 4.78 is 0. The van der Waals surface area contributed by atoms with Crippen LogP contribution < -0.4 is 5.32 Å². The molecule has 0 bridgehead atoms. The largest absolute Gasteiger partial charge is 0.480 e. The Balaban J connectivity index is 2.11. The zero-order chi connectivity index (χ0) is 15.4. The van der Waals surface area contributed by atoms with Crippen LogP contribution in [-0.2, 0) is 14.4 Å². The van der Waals surface area contributed by atoms with Gasteiger partial charge < -0.3 is 15.3 Å². The third-order valence-electron chi connectivity index (χ3n) is 3.25. The van der Waals surface area contributed by atoms with E-state index in [9.17, 15) is 14.4 Å². The zero-order valence-electron chi connectivity index (χ0n) is 11.6. The number of rotatable bonds is 3. The number of amides is 2. The van der Waals surface area contributed by atoms with E-state index in [4.69, 9.17) is 5.11 Å². The number of carbonyl (C=O) groups is 3. The number of benzene rings is 1. The molecule has 6 nitrogen and oxygen atoms in total. The van der Waals surface area contributed by atoms with E-state index in [2.05, 4.69) is 5.32 Å². The Labute approximate surface area is 122 Å². The summed E-state index contributed by atoms with van der Waals surface area (Å²) in [6, 6.07) is 6.52. The van der Waals surface area contributed by atoms with Crippen LogP contribution in [0, 0.1) is 6.92 Å². The van der Waals surface area contributed by atoms with Gasteiger partial charge in [-0.2, -0.15) is 0 Å². The van der Waals surface area contributed by atoms with E-state index >= 15 is 0 Å². The molecule has 0 aliphatic carbocycles. The van der Waals surface area contributed by atoms with Crippen LogP contribution in [0.25, 0.3) is 6.08 Å². The fourth-order valence-corrected chi connectivity index (χ4v) is 2.03. The normalized spacial score (nSPS) is 18.6. The van der Waals surface area contributed by atoms with Crippen LogP contribution in [0.15, 0.2) is 30.3 Å². The second-order valence-electron chi connectivity index (χ2n) is 4.87. The van der Waals surface area contributed by atoms with Crippen LogP contribution in [0.2, 0.25) is 0 Å². The van der Waals surface area contributed by atoms with Crippen LogP contribution in [-0.4, -0.2) is 46.9 Å². The van der Waals surface area contributed by atoms with Gasteiger partial charge in [-0.25, -0.2) is 4.79 Å². The fraction of sp³-hybridized carbons (Fsp3) is 0.267. The van der Waals surface area contributed by atoms with Gasteiger partial charge in [-0.15, -0.1) is 0 Å². The summed E-state index contributed by atoms with van der Waals surface area (Å²) in [6.45, 7) is 1.65. The van der Waals surface area contributed by atoms with E-state index in [-0.39, 0.29) is 19.0 Å². The van der Waals surface area contributed by atoms with E-state index in [1.165, 1.54) is 6.08 Å². The number of nitrogens with one attached hydrogen (secondary N) is 1. The van der Waals surface area contributed by atoms with Crippen molar-refractivity contribution in [3.8, 4) is 0 Å². The molecule has 6 heteroatoms. The van der Waals surface area contributed by atoms with Crippen molar-refractivity contribution >= 4 is 23.9 Å². The molecule has 0 spiro atoms. The lowest BCUT2D eigenvalue weighted by Gasteiger charge is -2.31. The molecule has 0 radical (unpaired) electrons. The van der Waals surface area contributed by atoms with Crippen molar-refractivity contribution in [1.29, 1.82) is 0 Å². The van der Waals surface area contributed by atoms with E-state index in [0.29, 0.717) is 0 Å².